The van der Waals surface area contributed by atoms with E-state index in [2.05, 4.69) is 27.0 Å². The van der Waals surface area contributed by atoms with Gasteiger partial charge in [-0.3, -0.25) is 14.3 Å². The van der Waals surface area contributed by atoms with E-state index in [9.17, 15) is 38.7 Å². The molecule has 0 aliphatic carbocycles. The highest BCUT2D eigenvalue weighted by Crippen LogP contribution is 2.66. The minimum atomic E-state index is -5.56. The van der Waals surface area contributed by atoms with Crippen LogP contribution in [0.25, 0.3) is 0 Å². The molecule has 0 spiro atoms. The number of rotatable bonds is 9. The Labute approximate surface area is 177 Å². The van der Waals surface area contributed by atoms with Gasteiger partial charge in [0.2, 0.25) is 0 Å². The standard InChI is InChI=1S/C11H17N2O14P3S/c1-2-11(17)8(15)6(25-9(11)13-4-3-7(14)12-10(13)16)5-24-30(23,31)27-29(21,22)26-28(18,19)20/h2-4,6,8-9,15,17H,1,5H2,(H,21,22)(H,23,31)(H,12,14,16)(H2,18,19,20)/t6-,8-,9?,11-,30?/m1/s1. The molecule has 1 aromatic rings. The number of nitrogens with zero attached hydrogens (tertiary/aromatic N) is 1. The Hall–Kier alpha value is -0.870. The second-order valence-electron chi connectivity index (χ2n) is 5.97. The van der Waals surface area contributed by atoms with Gasteiger partial charge in [0.15, 0.2) is 11.8 Å². The van der Waals surface area contributed by atoms with Gasteiger partial charge in [-0.2, -0.15) is 4.31 Å². The number of H-pyrrole nitrogens is 1. The number of hydrogen-bond donors (Lipinski definition) is 7. The monoisotopic (exact) mass is 526 g/mol. The molecule has 7 N–H and O–H groups in total. The molecule has 1 saturated heterocycles. The lowest BCUT2D eigenvalue weighted by Crippen LogP contribution is -2.47. The van der Waals surface area contributed by atoms with Crippen molar-refractivity contribution in [2.24, 2.45) is 0 Å². The van der Waals surface area contributed by atoms with E-state index >= 15 is 0 Å². The Morgan fingerprint density at radius 2 is 1.90 bits per heavy atom. The van der Waals surface area contributed by atoms with Gasteiger partial charge < -0.3 is 39.0 Å². The minimum Gasteiger partial charge on any atom is -0.387 e. The molecule has 0 saturated carbocycles. The Kier molecular flexibility index (Phi) is 7.81. The number of nitrogens with one attached hydrogen (secondary N) is 1. The van der Waals surface area contributed by atoms with E-state index in [-0.39, 0.29) is 0 Å². The zero-order valence-corrected chi connectivity index (χ0v) is 18.5. The molecule has 1 fully saturated rings. The van der Waals surface area contributed by atoms with Gasteiger partial charge in [0.05, 0.1) is 6.61 Å². The summed E-state index contributed by atoms with van der Waals surface area (Å²) >= 11 is 4.44. The normalized spacial score (nSPS) is 30.5. The summed E-state index contributed by atoms with van der Waals surface area (Å²) in [7, 11) is -11.1. The van der Waals surface area contributed by atoms with Crippen LogP contribution in [0.5, 0.6) is 0 Å². The number of aliphatic hydroxyl groups is 2. The van der Waals surface area contributed by atoms with Crippen molar-refractivity contribution >= 4 is 34.2 Å². The molecule has 1 aromatic heterocycles. The fourth-order valence-electron chi connectivity index (χ4n) is 2.52. The van der Waals surface area contributed by atoms with Crippen LogP contribution in [-0.2, 0) is 38.8 Å². The first-order valence-electron chi connectivity index (χ1n) is 7.79. The van der Waals surface area contributed by atoms with Gasteiger partial charge in [0.25, 0.3) is 5.56 Å². The second kappa shape index (κ2) is 9.17. The maximum atomic E-state index is 12.0. The van der Waals surface area contributed by atoms with Crippen LogP contribution in [0.4, 0.5) is 0 Å². The van der Waals surface area contributed by atoms with Gasteiger partial charge in [0.1, 0.15) is 12.2 Å². The number of phosphoric acid groups is 2. The van der Waals surface area contributed by atoms with Crippen molar-refractivity contribution in [2.45, 2.75) is 24.0 Å². The van der Waals surface area contributed by atoms with Crippen LogP contribution >= 0.6 is 22.4 Å². The van der Waals surface area contributed by atoms with E-state index in [4.69, 9.17) is 19.0 Å². The molecule has 2 rings (SSSR count). The molecular weight excluding hydrogens is 509 g/mol. The van der Waals surface area contributed by atoms with Crippen molar-refractivity contribution in [3.05, 3.63) is 45.8 Å². The van der Waals surface area contributed by atoms with Gasteiger partial charge in [-0.1, -0.05) is 12.7 Å². The number of hydrogen-bond acceptors (Lipinski definition) is 11. The Bertz CT molecular complexity index is 1100. The second-order valence-corrected chi connectivity index (χ2v) is 11.8. The van der Waals surface area contributed by atoms with Crippen molar-refractivity contribution in [3.63, 3.8) is 0 Å². The lowest BCUT2D eigenvalue weighted by molar-refractivity contribution is -0.0807. The Morgan fingerprint density at radius 1 is 1.29 bits per heavy atom. The average molecular weight is 526 g/mol. The number of ether oxygens (including phenoxy) is 1. The van der Waals surface area contributed by atoms with Gasteiger partial charge in [-0.15, -0.1) is 0 Å². The molecule has 0 amide bonds. The zero-order valence-electron chi connectivity index (χ0n) is 15.0. The molecule has 6 atom stereocenters. The molecule has 31 heavy (non-hydrogen) atoms. The Morgan fingerprint density at radius 3 is 2.42 bits per heavy atom. The van der Waals surface area contributed by atoms with Crippen LogP contribution < -0.4 is 11.2 Å². The van der Waals surface area contributed by atoms with E-state index in [0.717, 1.165) is 22.9 Å². The molecule has 16 nitrogen and oxygen atoms in total. The SMILES string of the molecule is C=C[C@]1(O)C(n2ccc(=O)[nH]c2=O)O[C@H](COP(O)(=S)OP(=O)(O)OP(=O)(O)O)[C@H]1O. The average Bonchev–Trinajstić information content (AvgIpc) is 2.82. The predicted octanol–water partition coefficient (Wildman–Crippen LogP) is -1.83. The summed E-state index contributed by atoms with van der Waals surface area (Å²) in [5.41, 5.74) is -4.05. The predicted molar refractivity (Wildman–Crippen MR) is 103 cm³/mol. The molecule has 2 heterocycles. The first kappa shape index (κ1) is 26.4. The fraction of sp³-hybridized carbons (Fsp3) is 0.455. The molecular formula is C11H17N2O14P3S. The van der Waals surface area contributed by atoms with Crippen molar-refractivity contribution < 1.29 is 56.8 Å². The summed E-state index contributed by atoms with van der Waals surface area (Å²) in [5.74, 6) is 0. The molecule has 176 valence electrons. The smallest absolute Gasteiger partial charge is 0.387 e. The Balaban J connectivity index is 2.19. The van der Waals surface area contributed by atoms with Crippen LogP contribution in [0.3, 0.4) is 0 Å². The van der Waals surface area contributed by atoms with Gasteiger partial charge in [-0.25, -0.2) is 18.2 Å². The number of aromatic amines is 1. The number of aliphatic hydroxyl groups excluding tert-OH is 1. The first-order valence-corrected chi connectivity index (χ1v) is 13.4. The van der Waals surface area contributed by atoms with Crippen molar-refractivity contribution in [3.8, 4) is 0 Å². The molecule has 20 heteroatoms. The molecule has 0 radical (unpaired) electrons. The lowest BCUT2D eigenvalue weighted by Gasteiger charge is -2.28. The molecule has 1 aliphatic rings. The molecule has 1 aliphatic heterocycles. The van der Waals surface area contributed by atoms with E-state index in [1.807, 2.05) is 4.98 Å². The van der Waals surface area contributed by atoms with Crippen LogP contribution in [0.1, 0.15) is 6.23 Å². The van der Waals surface area contributed by atoms with Crippen molar-refractivity contribution in [1.29, 1.82) is 0 Å². The fourth-order valence-corrected chi connectivity index (χ4v) is 6.49. The highest BCUT2D eigenvalue weighted by Gasteiger charge is 2.55. The molecule has 0 bridgehead atoms. The zero-order chi connectivity index (χ0) is 23.8. The van der Waals surface area contributed by atoms with Crippen LogP contribution in [0.15, 0.2) is 34.5 Å². The molecule has 0 aromatic carbocycles. The van der Waals surface area contributed by atoms with Crippen LogP contribution in [0.2, 0.25) is 0 Å². The third-order valence-electron chi connectivity index (χ3n) is 3.77. The summed E-state index contributed by atoms with van der Waals surface area (Å²) in [6, 6.07) is 0.936. The third-order valence-corrected chi connectivity index (χ3v) is 8.49. The summed E-state index contributed by atoms with van der Waals surface area (Å²) in [4.78, 5) is 61.3. The van der Waals surface area contributed by atoms with E-state index in [0.29, 0.717) is 0 Å². The summed E-state index contributed by atoms with van der Waals surface area (Å²) < 4.78 is 40.5. The van der Waals surface area contributed by atoms with E-state index in [1.165, 1.54) is 0 Å². The van der Waals surface area contributed by atoms with E-state index < -0.39 is 64.3 Å². The molecule has 3 unspecified atom stereocenters. The van der Waals surface area contributed by atoms with E-state index in [1.54, 1.807) is 0 Å². The minimum absolute atomic E-state index is 0.730. The third kappa shape index (κ3) is 6.57. The first-order chi connectivity index (χ1) is 14.0. The largest absolute Gasteiger partial charge is 0.488 e. The topological polar surface area (TPSA) is 247 Å². The highest BCUT2D eigenvalue weighted by molar-refractivity contribution is 8.08. The van der Waals surface area contributed by atoms with Crippen LogP contribution in [0, 0.1) is 0 Å². The van der Waals surface area contributed by atoms with Gasteiger partial charge in [-0.05, 0) is 11.8 Å². The lowest BCUT2D eigenvalue weighted by atomic mass is 9.94. The highest BCUT2D eigenvalue weighted by atomic mass is 32.5. The van der Waals surface area contributed by atoms with Crippen LogP contribution in [-0.4, -0.2) is 63.8 Å². The summed E-state index contributed by atoms with van der Waals surface area (Å²) in [6.07, 6.45) is -3.20. The van der Waals surface area contributed by atoms with Crippen molar-refractivity contribution in [1.82, 2.24) is 9.55 Å². The number of aromatic nitrogens is 2. The quantitative estimate of drug-likeness (QED) is 0.138. The van der Waals surface area contributed by atoms with Gasteiger partial charge in [0, 0.05) is 12.3 Å². The maximum Gasteiger partial charge on any atom is 0.488 e. The summed E-state index contributed by atoms with van der Waals surface area (Å²) in [6.45, 7) is -2.25. The summed E-state index contributed by atoms with van der Waals surface area (Å²) in [5, 5.41) is 21.1. The van der Waals surface area contributed by atoms with Gasteiger partial charge >= 0.3 is 28.1 Å². The van der Waals surface area contributed by atoms with Crippen molar-refractivity contribution in [2.75, 3.05) is 6.61 Å². The maximum absolute atomic E-state index is 12.0.